The number of sulfonamides is 1. The minimum atomic E-state index is -3.24. The number of rotatable bonds is 6. The molecule has 0 aliphatic heterocycles. The number of nitrogens with one attached hydrogen (secondary N) is 2. The van der Waals surface area contributed by atoms with Crippen LogP contribution in [-0.4, -0.2) is 27.1 Å². The first kappa shape index (κ1) is 15.7. The second-order valence-electron chi connectivity index (χ2n) is 4.71. The van der Waals surface area contributed by atoms with Crippen molar-refractivity contribution in [2.75, 3.05) is 18.1 Å². The molecule has 0 heterocycles. The van der Waals surface area contributed by atoms with Gasteiger partial charge in [0.05, 0.1) is 6.26 Å². The van der Waals surface area contributed by atoms with E-state index in [1.54, 1.807) is 0 Å². The van der Waals surface area contributed by atoms with E-state index < -0.39 is 10.0 Å². The van der Waals surface area contributed by atoms with Gasteiger partial charge in [-0.15, -0.1) is 0 Å². The summed E-state index contributed by atoms with van der Waals surface area (Å²) in [7, 11) is -3.24. The van der Waals surface area contributed by atoms with E-state index in [-0.39, 0.29) is 18.9 Å². The van der Waals surface area contributed by atoms with Crippen LogP contribution in [0.15, 0.2) is 24.3 Å². The van der Waals surface area contributed by atoms with Crippen LogP contribution in [-0.2, 0) is 14.8 Å². The molecule has 0 atom stereocenters. The average molecular weight is 284 g/mol. The van der Waals surface area contributed by atoms with Crippen LogP contribution in [0.5, 0.6) is 0 Å². The predicted octanol–water partition coefficient (Wildman–Crippen LogP) is 1.69. The summed E-state index contributed by atoms with van der Waals surface area (Å²) in [5.41, 5.74) is 1.84. The lowest BCUT2D eigenvalue weighted by Gasteiger charge is -2.13. The topological polar surface area (TPSA) is 75.3 Å². The van der Waals surface area contributed by atoms with Crippen molar-refractivity contribution in [3.8, 4) is 0 Å². The summed E-state index contributed by atoms with van der Waals surface area (Å²) in [4.78, 5) is 11.7. The lowest BCUT2D eigenvalue weighted by atomic mass is 10.0. The number of carbonyl (C=O) groups excluding carboxylic acids is 1. The molecule has 1 amide bonds. The normalized spacial score (nSPS) is 11.6. The fourth-order valence-corrected chi connectivity index (χ4v) is 2.15. The largest absolute Gasteiger partial charge is 0.326 e. The molecule has 0 aliphatic rings. The minimum absolute atomic E-state index is 0.106. The molecule has 6 heteroatoms. The minimum Gasteiger partial charge on any atom is -0.326 e. The van der Waals surface area contributed by atoms with Gasteiger partial charge in [-0.2, -0.15) is 0 Å². The Morgan fingerprint density at radius 2 is 1.89 bits per heavy atom. The number of hydrogen-bond donors (Lipinski definition) is 2. The van der Waals surface area contributed by atoms with Crippen molar-refractivity contribution < 1.29 is 13.2 Å². The predicted molar refractivity (Wildman–Crippen MR) is 76.6 cm³/mol. The Morgan fingerprint density at radius 1 is 1.26 bits per heavy atom. The highest BCUT2D eigenvalue weighted by atomic mass is 32.2. The highest BCUT2D eigenvalue weighted by Crippen LogP contribution is 2.23. The number of benzene rings is 1. The number of anilines is 1. The molecule has 0 spiro atoms. The van der Waals surface area contributed by atoms with Gasteiger partial charge >= 0.3 is 0 Å². The van der Waals surface area contributed by atoms with E-state index in [0.29, 0.717) is 5.92 Å². The van der Waals surface area contributed by atoms with Crippen LogP contribution in [0.25, 0.3) is 0 Å². The molecule has 0 aromatic heterocycles. The fourth-order valence-electron chi connectivity index (χ4n) is 1.68. The molecule has 0 unspecified atom stereocenters. The first-order valence-corrected chi connectivity index (χ1v) is 8.02. The van der Waals surface area contributed by atoms with Crippen molar-refractivity contribution in [1.82, 2.24) is 4.72 Å². The fraction of sp³-hybridized carbons (Fsp3) is 0.462. The van der Waals surface area contributed by atoms with Crippen molar-refractivity contribution in [2.45, 2.75) is 26.2 Å². The third-order valence-corrected chi connectivity index (χ3v) is 3.30. The molecule has 106 valence electrons. The summed E-state index contributed by atoms with van der Waals surface area (Å²) < 4.78 is 24.0. The maximum atomic E-state index is 11.7. The Balaban J connectivity index is 2.58. The van der Waals surface area contributed by atoms with Crippen molar-refractivity contribution in [2.24, 2.45) is 0 Å². The highest BCUT2D eigenvalue weighted by molar-refractivity contribution is 7.88. The Labute approximate surface area is 114 Å². The molecule has 0 radical (unpaired) electrons. The van der Waals surface area contributed by atoms with Crippen molar-refractivity contribution in [3.05, 3.63) is 29.8 Å². The molecule has 19 heavy (non-hydrogen) atoms. The van der Waals surface area contributed by atoms with Gasteiger partial charge in [0, 0.05) is 18.7 Å². The summed E-state index contributed by atoms with van der Waals surface area (Å²) in [6.07, 6.45) is 1.18. The van der Waals surface area contributed by atoms with E-state index in [9.17, 15) is 13.2 Å². The van der Waals surface area contributed by atoms with Gasteiger partial charge in [-0.25, -0.2) is 13.1 Å². The van der Waals surface area contributed by atoms with Gasteiger partial charge in [0.1, 0.15) is 0 Å². The molecule has 2 N–H and O–H groups in total. The van der Waals surface area contributed by atoms with Gasteiger partial charge in [0.25, 0.3) is 0 Å². The third kappa shape index (κ3) is 5.85. The zero-order chi connectivity index (χ0) is 14.5. The monoisotopic (exact) mass is 284 g/mol. The number of carbonyl (C=O) groups is 1. The van der Waals surface area contributed by atoms with Gasteiger partial charge in [0.15, 0.2) is 0 Å². The van der Waals surface area contributed by atoms with E-state index >= 15 is 0 Å². The zero-order valence-electron chi connectivity index (χ0n) is 11.4. The number of para-hydroxylation sites is 1. The molecular formula is C13H20N2O3S. The average Bonchev–Trinajstić information content (AvgIpc) is 2.27. The number of hydrogen-bond acceptors (Lipinski definition) is 3. The summed E-state index contributed by atoms with van der Waals surface area (Å²) in [5.74, 6) is 0.106. The van der Waals surface area contributed by atoms with Crippen LogP contribution in [0.4, 0.5) is 5.69 Å². The van der Waals surface area contributed by atoms with Crippen LogP contribution in [0.2, 0.25) is 0 Å². The summed E-state index contributed by atoms with van der Waals surface area (Å²) in [6, 6.07) is 7.60. The smallest absolute Gasteiger partial charge is 0.225 e. The molecule has 1 aromatic rings. The Bertz CT molecular complexity index is 539. The first-order chi connectivity index (χ1) is 8.79. The van der Waals surface area contributed by atoms with Crippen LogP contribution in [0, 0.1) is 0 Å². The first-order valence-electron chi connectivity index (χ1n) is 6.13. The second kappa shape index (κ2) is 6.68. The van der Waals surface area contributed by atoms with E-state index in [0.717, 1.165) is 17.5 Å². The lowest BCUT2D eigenvalue weighted by Crippen LogP contribution is -2.26. The van der Waals surface area contributed by atoms with Crippen LogP contribution in [0.3, 0.4) is 0 Å². The Kier molecular flexibility index (Phi) is 5.50. The SMILES string of the molecule is CC(C)c1ccccc1NC(=O)CCNS(C)(=O)=O. The molecule has 5 nitrogen and oxygen atoms in total. The quantitative estimate of drug-likeness (QED) is 0.834. The van der Waals surface area contributed by atoms with Gasteiger partial charge in [-0.1, -0.05) is 32.0 Å². The molecule has 0 saturated carbocycles. The maximum Gasteiger partial charge on any atom is 0.225 e. The highest BCUT2D eigenvalue weighted by Gasteiger charge is 2.09. The van der Waals surface area contributed by atoms with Crippen molar-refractivity contribution in [3.63, 3.8) is 0 Å². The molecule has 1 aromatic carbocycles. The summed E-state index contributed by atoms with van der Waals surface area (Å²) in [5, 5.41) is 2.80. The van der Waals surface area contributed by atoms with E-state index in [4.69, 9.17) is 0 Å². The summed E-state index contributed by atoms with van der Waals surface area (Å²) >= 11 is 0. The number of amides is 1. The van der Waals surface area contributed by atoms with Gasteiger partial charge < -0.3 is 5.32 Å². The van der Waals surface area contributed by atoms with Gasteiger partial charge in [-0.3, -0.25) is 4.79 Å². The van der Waals surface area contributed by atoms with Crippen molar-refractivity contribution in [1.29, 1.82) is 0 Å². The standard InChI is InChI=1S/C13H20N2O3S/c1-10(2)11-6-4-5-7-12(11)15-13(16)8-9-14-19(3,17)18/h4-7,10,14H,8-9H2,1-3H3,(H,15,16). The zero-order valence-corrected chi connectivity index (χ0v) is 12.3. The van der Waals surface area contributed by atoms with Crippen LogP contribution < -0.4 is 10.0 Å². The van der Waals surface area contributed by atoms with Gasteiger partial charge in [0.2, 0.25) is 15.9 Å². The molecular weight excluding hydrogens is 264 g/mol. The van der Waals surface area contributed by atoms with Gasteiger partial charge in [-0.05, 0) is 17.5 Å². The molecule has 0 aliphatic carbocycles. The molecule has 0 fully saturated rings. The van der Waals surface area contributed by atoms with Crippen LogP contribution >= 0.6 is 0 Å². The molecule has 0 bridgehead atoms. The second-order valence-corrected chi connectivity index (χ2v) is 6.54. The third-order valence-electron chi connectivity index (χ3n) is 2.57. The van der Waals surface area contributed by atoms with E-state index in [2.05, 4.69) is 23.9 Å². The van der Waals surface area contributed by atoms with Crippen LogP contribution in [0.1, 0.15) is 31.7 Å². The summed E-state index contributed by atoms with van der Waals surface area (Å²) in [6.45, 7) is 4.21. The van der Waals surface area contributed by atoms with E-state index in [1.165, 1.54) is 0 Å². The lowest BCUT2D eigenvalue weighted by molar-refractivity contribution is -0.116. The molecule has 0 saturated heterocycles. The van der Waals surface area contributed by atoms with Crippen molar-refractivity contribution >= 4 is 21.6 Å². The molecule has 1 rings (SSSR count). The Morgan fingerprint density at radius 3 is 2.47 bits per heavy atom. The maximum absolute atomic E-state index is 11.7. The van der Waals surface area contributed by atoms with E-state index in [1.807, 2.05) is 24.3 Å². The Hall–Kier alpha value is -1.40.